The van der Waals surface area contributed by atoms with E-state index in [0.717, 1.165) is 22.5 Å². The van der Waals surface area contributed by atoms with Crippen LogP contribution in [0.5, 0.6) is 5.75 Å². The Kier molecular flexibility index (Phi) is 3.53. The summed E-state index contributed by atoms with van der Waals surface area (Å²) in [5.74, 6) is 0.761. The molecule has 1 N–H and O–H groups in total. The lowest BCUT2D eigenvalue weighted by Crippen LogP contribution is -2.41. The average molecular weight is 300 g/mol. The third kappa shape index (κ3) is 2.42. The minimum absolute atomic E-state index is 0.354. The molecule has 1 fully saturated rings. The van der Waals surface area contributed by atoms with E-state index in [4.69, 9.17) is 14.0 Å². The zero-order chi connectivity index (χ0) is 16.0. The number of hydrogen-bond acceptors (Lipinski definition) is 4. The van der Waals surface area contributed by atoms with Crippen LogP contribution in [-0.4, -0.2) is 35.4 Å². The maximum atomic E-state index is 6.08. The van der Waals surface area contributed by atoms with Crippen molar-refractivity contribution in [1.82, 2.24) is 9.97 Å². The van der Waals surface area contributed by atoms with Gasteiger partial charge in [0.2, 0.25) is 0 Å². The van der Waals surface area contributed by atoms with Gasteiger partial charge >= 0.3 is 7.12 Å². The number of rotatable bonds is 3. The molecule has 2 heterocycles. The molecule has 6 heteroatoms. The van der Waals surface area contributed by atoms with Gasteiger partial charge in [-0.2, -0.15) is 0 Å². The van der Waals surface area contributed by atoms with Crippen LogP contribution in [0.15, 0.2) is 30.7 Å². The molecule has 0 amide bonds. The topological polar surface area (TPSA) is 56.4 Å². The van der Waals surface area contributed by atoms with E-state index in [1.54, 1.807) is 19.6 Å². The van der Waals surface area contributed by atoms with Crippen LogP contribution >= 0.6 is 0 Å². The predicted molar refractivity (Wildman–Crippen MR) is 86.3 cm³/mol. The minimum Gasteiger partial charge on any atom is -0.496 e. The number of aromatic nitrogens is 2. The van der Waals surface area contributed by atoms with Crippen molar-refractivity contribution in [1.29, 1.82) is 0 Å². The monoisotopic (exact) mass is 300 g/mol. The number of methoxy groups -OCH3 is 1. The van der Waals surface area contributed by atoms with Gasteiger partial charge in [0.1, 0.15) is 5.75 Å². The highest BCUT2D eigenvalue weighted by atomic mass is 16.7. The number of aromatic amines is 1. The quantitative estimate of drug-likeness (QED) is 0.884. The fraction of sp³-hybridized carbons (Fsp3) is 0.438. The highest BCUT2D eigenvalue weighted by Crippen LogP contribution is 2.37. The predicted octanol–water partition coefficient (Wildman–Crippen LogP) is 2.38. The van der Waals surface area contributed by atoms with E-state index in [1.807, 2.05) is 45.9 Å². The molecule has 22 heavy (non-hydrogen) atoms. The summed E-state index contributed by atoms with van der Waals surface area (Å²) in [4.78, 5) is 7.14. The minimum atomic E-state index is -0.394. The van der Waals surface area contributed by atoms with E-state index in [1.165, 1.54) is 0 Å². The Balaban J connectivity index is 1.94. The first kappa shape index (κ1) is 15.1. The second-order valence-corrected chi connectivity index (χ2v) is 6.51. The Morgan fingerprint density at radius 2 is 1.82 bits per heavy atom. The molecule has 1 aromatic heterocycles. The highest BCUT2D eigenvalue weighted by Gasteiger charge is 2.51. The largest absolute Gasteiger partial charge is 0.496 e. The Labute approximate surface area is 131 Å². The first-order chi connectivity index (χ1) is 10.3. The first-order valence-corrected chi connectivity index (χ1v) is 7.36. The zero-order valence-electron chi connectivity index (χ0n) is 13.6. The molecule has 0 unspecified atom stereocenters. The number of benzene rings is 1. The van der Waals surface area contributed by atoms with Gasteiger partial charge in [0.05, 0.1) is 36.5 Å². The summed E-state index contributed by atoms with van der Waals surface area (Å²) >= 11 is 0. The summed E-state index contributed by atoms with van der Waals surface area (Å²) in [7, 11) is 1.26. The normalized spacial score (nSPS) is 19.4. The van der Waals surface area contributed by atoms with Crippen molar-refractivity contribution in [2.45, 2.75) is 38.9 Å². The number of imidazole rings is 1. The molecule has 0 bridgehead atoms. The first-order valence-electron chi connectivity index (χ1n) is 7.36. The van der Waals surface area contributed by atoms with Crippen molar-refractivity contribution in [3.8, 4) is 17.0 Å². The van der Waals surface area contributed by atoms with Crippen molar-refractivity contribution in [2.75, 3.05) is 7.11 Å². The summed E-state index contributed by atoms with van der Waals surface area (Å²) < 4.78 is 17.7. The molecule has 1 aliphatic rings. The molecule has 0 atom stereocenters. The molecule has 3 rings (SSSR count). The molecule has 0 radical (unpaired) electrons. The molecule has 2 aromatic rings. The van der Waals surface area contributed by atoms with Crippen molar-refractivity contribution < 1.29 is 14.0 Å². The Morgan fingerprint density at radius 1 is 1.14 bits per heavy atom. The lowest BCUT2D eigenvalue weighted by Gasteiger charge is -2.32. The maximum Gasteiger partial charge on any atom is 0.494 e. The van der Waals surface area contributed by atoms with Crippen LogP contribution < -0.4 is 10.2 Å². The van der Waals surface area contributed by atoms with Crippen LogP contribution in [0.4, 0.5) is 0 Å². The van der Waals surface area contributed by atoms with E-state index in [-0.39, 0.29) is 11.2 Å². The molecule has 0 aliphatic carbocycles. The fourth-order valence-corrected chi connectivity index (χ4v) is 2.46. The van der Waals surface area contributed by atoms with Gasteiger partial charge in [-0.25, -0.2) is 4.98 Å². The summed E-state index contributed by atoms with van der Waals surface area (Å²) in [5.41, 5.74) is 2.11. The second kappa shape index (κ2) is 5.14. The van der Waals surface area contributed by atoms with Crippen LogP contribution in [0.3, 0.4) is 0 Å². The van der Waals surface area contributed by atoms with Gasteiger partial charge in [-0.05, 0) is 45.3 Å². The number of hydrogen-bond donors (Lipinski definition) is 1. The summed E-state index contributed by atoms with van der Waals surface area (Å²) in [6.07, 6.45) is 3.42. The third-order valence-electron chi connectivity index (χ3n) is 4.54. The van der Waals surface area contributed by atoms with Gasteiger partial charge in [0.15, 0.2) is 0 Å². The van der Waals surface area contributed by atoms with Crippen molar-refractivity contribution in [3.63, 3.8) is 0 Å². The van der Waals surface area contributed by atoms with Crippen molar-refractivity contribution in [2.24, 2.45) is 0 Å². The highest BCUT2D eigenvalue weighted by molar-refractivity contribution is 6.62. The lowest BCUT2D eigenvalue weighted by molar-refractivity contribution is 0.00578. The van der Waals surface area contributed by atoms with Crippen LogP contribution in [0, 0.1) is 0 Å². The van der Waals surface area contributed by atoms with Gasteiger partial charge in [-0.15, -0.1) is 0 Å². The molecular weight excluding hydrogens is 279 g/mol. The molecule has 0 saturated carbocycles. The van der Waals surface area contributed by atoms with Crippen molar-refractivity contribution >= 4 is 12.6 Å². The summed E-state index contributed by atoms with van der Waals surface area (Å²) in [6, 6.07) is 5.95. The standard InChI is InChI=1S/C16H21BN2O3/c1-15(2)16(3,4)22-17(21-15)11-6-7-12(14(8-11)20-5)13-9-18-10-19-13/h6-10H,1-5H3,(H,18,19). The molecule has 1 aromatic carbocycles. The lowest BCUT2D eigenvalue weighted by atomic mass is 9.78. The molecule has 5 nitrogen and oxygen atoms in total. The number of nitrogens with one attached hydrogen (secondary N) is 1. The SMILES string of the molecule is COc1cc(B2OC(C)(C)C(C)(C)O2)ccc1-c1cnc[nH]1. The van der Waals surface area contributed by atoms with E-state index >= 15 is 0 Å². The Hall–Kier alpha value is -1.79. The van der Waals surface area contributed by atoms with Crippen LogP contribution in [-0.2, 0) is 9.31 Å². The van der Waals surface area contributed by atoms with Gasteiger partial charge in [-0.3, -0.25) is 0 Å². The number of ether oxygens (including phenoxy) is 1. The van der Waals surface area contributed by atoms with E-state index < -0.39 is 7.12 Å². The van der Waals surface area contributed by atoms with Crippen LogP contribution in [0.25, 0.3) is 11.3 Å². The maximum absolute atomic E-state index is 6.08. The number of nitrogens with zero attached hydrogens (tertiary/aromatic N) is 1. The van der Waals surface area contributed by atoms with E-state index in [9.17, 15) is 0 Å². The molecular formula is C16H21BN2O3. The van der Waals surface area contributed by atoms with Gasteiger partial charge in [0.25, 0.3) is 0 Å². The molecule has 116 valence electrons. The Bertz CT molecular complexity index is 652. The molecule has 0 spiro atoms. The van der Waals surface area contributed by atoms with Gasteiger partial charge < -0.3 is 19.0 Å². The average Bonchev–Trinajstić information content (AvgIpc) is 3.05. The van der Waals surface area contributed by atoms with E-state index in [2.05, 4.69) is 9.97 Å². The third-order valence-corrected chi connectivity index (χ3v) is 4.54. The summed E-state index contributed by atoms with van der Waals surface area (Å²) in [6.45, 7) is 8.18. The van der Waals surface area contributed by atoms with Gasteiger partial charge in [0, 0.05) is 5.56 Å². The smallest absolute Gasteiger partial charge is 0.494 e. The molecule has 1 saturated heterocycles. The summed E-state index contributed by atoms with van der Waals surface area (Å²) in [5, 5.41) is 0. The zero-order valence-corrected chi connectivity index (χ0v) is 13.6. The Morgan fingerprint density at radius 3 is 2.36 bits per heavy atom. The van der Waals surface area contributed by atoms with E-state index in [0.29, 0.717) is 0 Å². The second-order valence-electron chi connectivity index (χ2n) is 6.51. The fourth-order valence-electron chi connectivity index (χ4n) is 2.46. The van der Waals surface area contributed by atoms with Crippen LogP contribution in [0.2, 0.25) is 0 Å². The molecule has 1 aliphatic heterocycles. The van der Waals surface area contributed by atoms with Crippen LogP contribution in [0.1, 0.15) is 27.7 Å². The van der Waals surface area contributed by atoms with Gasteiger partial charge in [-0.1, -0.05) is 6.07 Å². The van der Waals surface area contributed by atoms with Crippen molar-refractivity contribution in [3.05, 3.63) is 30.7 Å². The number of H-pyrrole nitrogens is 1.